The summed E-state index contributed by atoms with van der Waals surface area (Å²) in [6.45, 7) is 2.96. The minimum Gasteiger partial charge on any atom is -0.497 e. The van der Waals surface area contributed by atoms with Crippen LogP contribution in [0.3, 0.4) is 0 Å². The van der Waals surface area contributed by atoms with Crippen molar-refractivity contribution in [2.45, 2.75) is 19.5 Å². The topological polar surface area (TPSA) is 39.1 Å². The van der Waals surface area contributed by atoms with Gasteiger partial charge in [0.2, 0.25) is 0 Å². The fraction of sp³-hybridized carbons (Fsp3) is 0.357. The van der Waals surface area contributed by atoms with Crippen LogP contribution in [0.4, 0.5) is 0 Å². The average molecular weight is 245 g/mol. The van der Waals surface area contributed by atoms with Crippen molar-refractivity contribution in [3.63, 3.8) is 0 Å². The van der Waals surface area contributed by atoms with Gasteiger partial charge in [-0.15, -0.1) is 0 Å². The van der Waals surface area contributed by atoms with E-state index in [0.717, 1.165) is 12.3 Å². The third-order valence-corrected chi connectivity index (χ3v) is 3.13. The number of hydrogen-bond donors (Lipinski definition) is 1. The molecule has 0 saturated carbocycles. The number of aryl methyl sites for hydroxylation is 1. The van der Waals surface area contributed by atoms with Crippen LogP contribution in [0, 0.1) is 0 Å². The number of rotatable bonds is 5. The van der Waals surface area contributed by atoms with Gasteiger partial charge >= 0.3 is 0 Å². The maximum atomic E-state index is 5.15. The lowest BCUT2D eigenvalue weighted by atomic mass is 10.1. The molecule has 1 atom stereocenters. The molecule has 1 aromatic heterocycles. The maximum Gasteiger partial charge on any atom is 0.118 e. The molecule has 0 radical (unpaired) electrons. The number of nitrogens with one attached hydrogen (secondary N) is 1. The van der Waals surface area contributed by atoms with Gasteiger partial charge in [-0.05, 0) is 30.7 Å². The number of nitrogens with zero attached hydrogens (tertiary/aromatic N) is 2. The molecule has 0 aliphatic carbocycles. The van der Waals surface area contributed by atoms with Gasteiger partial charge in [0.15, 0.2) is 0 Å². The molecule has 0 spiro atoms. The van der Waals surface area contributed by atoms with E-state index in [4.69, 9.17) is 4.74 Å². The van der Waals surface area contributed by atoms with Crippen molar-refractivity contribution in [2.75, 3.05) is 7.11 Å². The second kappa shape index (κ2) is 5.69. The summed E-state index contributed by atoms with van der Waals surface area (Å²) in [7, 11) is 3.63. The molecule has 0 amide bonds. The number of methoxy groups -OCH3 is 1. The van der Waals surface area contributed by atoms with Gasteiger partial charge in [0.1, 0.15) is 5.75 Å². The second-order valence-electron chi connectivity index (χ2n) is 4.32. The van der Waals surface area contributed by atoms with E-state index < -0.39 is 0 Å². The molecule has 18 heavy (non-hydrogen) atoms. The Kier molecular flexibility index (Phi) is 3.99. The van der Waals surface area contributed by atoms with Crippen molar-refractivity contribution in [3.8, 4) is 5.75 Å². The smallest absolute Gasteiger partial charge is 0.118 e. The van der Waals surface area contributed by atoms with Crippen LogP contribution >= 0.6 is 0 Å². The third-order valence-electron chi connectivity index (χ3n) is 3.13. The van der Waals surface area contributed by atoms with Crippen LogP contribution in [-0.2, 0) is 13.6 Å². The van der Waals surface area contributed by atoms with Crippen molar-refractivity contribution in [2.24, 2.45) is 7.05 Å². The minimum absolute atomic E-state index is 0.297. The van der Waals surface area contributed by atoms with E-state index in [1.807, 2.05) is 36.1 Å². The van der Waals surface area contributed by atoms with E-state index in [2.05, 4.69) is 29.5 Å². The van der Waals surface area contributed by atoms with E-state index in [9.17, 15) is 0 Å². The molecular weight excluding hydrogens is 226 g/mol. The zero-order valence-electron chi connectivity index (χ0n) is 11.1. The van der Waals surface area contributed by atoms with Crippen molar-refractivity contribution < 1.29 is 4.74 Å². The number of benzene rings is 1. The molecule has 1 heterocycles. The van der Waals surface area contributed by atoms with Crippen LogP contribution in [0.5, 0.6) is 5.75 Å². The number of ether oxygens (including phenoxy) is 1. The Morgan fingerprint density at radius 3 is 2.56 bits per heavy atom. The lowest BCUT2D eigenvalue weighted by molar-refractivity contribution is 0.414. The van der Waals surface area contributed by atoms with Gasteiger partial charge < -0.3 is 10.1 Å². The van der Waals surface area contributed by atoms with Crippen molar-refractivity contribution >= 4 is 0 Å². The summed E-state index contributed by atoms with van der Waals surface area (Å²) in [5.41, 5.74) is 2.42. The van der Waals surface area contributed by atoms with Gasteiger partial charge in [-0.2, -0.15) is 5.10 Å². The Labute approximate surface area is 108 Å². The highest BCUT2D eigenvalue weighted by Crippen LogP contribution is 2.17. The highest BCUT2D eigenvalue weighted by molar-refractivity contribution is 5.28. The highest BCUT2D eigenvalue weighted by atomic mass is 16.5. The van der Waals surface area contributed by atoms with Crippen LogP contribution in [0.15, 0.2) is 36.5 Å². The standard InChI is InChI=1S/C14H19N3O/c1-11(12-4-6-14(18-3)7-5-12)15-10-13-8-9-16-17(13)2/h4-9,11,15H,10H2,1-3H3/t11-/m0/s1. The molecular formula is C14H19N3O. The van der Waals surface area contributed by atoms with E-state index in [1.165, 1.54) is 11.3 Å². The first kappa shape index (κ1) is 12.6. The first-order valence-electron chi connectivity index (χ1n) is 6.05. The number of hydrogen-bond acceptors (Lipinski definition) is 3. The molecule has 0 saturated heterocycles. The second-order valence-corrected chi connectivity index (χ2v) is 4.32. The quantitative estimate of drug-likeness (QED) is 0.878. The summed E-state index contributed by atoms with van der Waals surface area (Å²) in [4.78, 5) is 0. The monoisotopic (exact) mass is 245 g/mol. The maximum absolute atomic E-state index is 5.15. The molecule has 0 unspecified atom stereocenters. The lowest BCUT2D eigenvalue weighted by Crippen LogP contribution is -2.19. The molecule has 1 N–H and O–H groups in total. The molecule has 96 valence electrons. The molecule has 0 fully saturated rings. The molecule has 0 aliphatic rings. The summed E-state index contributed by atoms with van der Waals surface area (Å²) in [5.74, 6) is 0.887. The van der Waals surface area contributed by atoms with Crippen molar-refractivity contribution in [3.05, 3.63) is 47.8 Å². The Balaban J connectivity index is 1.94. The van der Waals surface area contributed by atoms with Gasteiger partial charge in [0.25, 0.3) is 0 Å². The van der Waals surface area contributed by atoms with E-state index in [0.29, 0.717) is 6.04 Å². The Morgan fingerprint density at radius 2 is 2.00 bits per heavy atom. The molecule has 4 heteroatoms. The molecule has 0 aliphatic heterocycles. The molecule has 2 rings (SSSR count). The molecule has 2 aromatic rings. The minimum atomic E-state index is 0.297. The summed E-state index contributed by atoms with van der Waals surface area (Å²) in [6.07, 6.45) is 1.81. The van der Waals surface area contributed by atoms with E-state index in [-0.39, 0.29) is 0 Å². The van der Waals surface area contributed by atoms with E-state index >= 15 is 0 Å². The average Bonchev–Trinajstić information content (AvgIpc) is 2.81. The van der Waals surface area contributed by atoms with Crippen molar-refractivity contribution in [1.82, 2.24) is 15.1 Å². The first-order chi connectivity index (χ1) is 8.70. The molecule has 4 nitrogen and oxygen atoms in total. The Hall–Kier alpha value is -1.81. The van der Waals surface area contributed by atoms with Crippen LogP contribution < -0.4 is 10.1 Å². The fourth-order valence-corrected chi connectivity index (χ4v) is 1.84. The van der Waals surface area contributed by atoms with Gasteiger partial charge in [-0.1, -0.05) is 12.1 Å². The van der Waals surface area contributed by atoms with Gasteiger partial charge in [-0.25, -0.2) is 0 Å². The fourth-order valence-electron chi connectivity index (χ4n) is 1.84. The Morgan fingerprint density at radius 1 is 1.28 bits per heavy atom. The largest absolute Gasteiger partial charge is 0.497 e. The summed E-state index contributed by atoms with van der Waals surface area (Å²) < 4.78 is 7.03. The predicted molar refractivity (Wildman–Crippen MR) is 71.5 cm³/mol. The SMILES string of the molecule is COc1ccc([C@H](C)NCc2ccnn2C)cc1. The van der Waals surface area contributed by atoms with Gasteiger partial charge in [0.05, 0.1) is 12.8 Å². The van der Waals surface area contributed by atoms with Gasteiger partial charge in [-0.3, -0.25) is 4.68 Å². The van der Waals surface area contributed by atoms with Crippen LogP contribution in [0.25, 0.3) is 0 Å². The Bertz CT molecular complexity index is 490. The predicted octanol–water partition coefficient (Wildman–Crippen LogP) is 2.28. The van der Waals surface area contributed by atoms with Crippen LogP contribution in [0.1, 0.15) is 24.2 Å². The summed E-state index contributed by atoms with van der Waals surface area (Å²) in [6, 6.07) is 10.5. The van der Waals surface area contributed by atoms with Gasteiger partial charge in [0, 0.05) is 25.8 Å². The normalized spacial score (nSPS) is 12.4. The molecule has 1 aromatic carbocycles. The number of aromatic nitrogens is 2. The third kappa shape index (κ3) is 2.90. The zero-order chi connectivity index (χ0) is 13.0. The van der Waals surface area contributed by atoms with E-state index in [1.54, 1.807) is 7.11 Å². The van der Waals surface area contributed by atoms with Crippen LogP contribution in [-0.4, -0.2) is 16.9 Å². The summed E-state index contributed by atoms with van der Waals surface area (Å²) in [5, 5.41) is 7.63. The zero-order valence-corrected chi connectivity index (χ0v) is 11.1. The summed E-state index contributed by atoms with van der Waals surface area (Å²) >= 11 is 0. The highest BCUT2D eigenvalue weighted by Gasteiger charge is 2.06. The first-order valence-corrected chi connectivity index (χ1v) is 6.05. The van der Waals surface area contributed by atoms with Crippen LogP contribution in [0.2, 0.25) is 0 Å². The lowest BCUT2D eigenvalue weighted by Gasteiger charge is -2.14. The van der Waals surface area contributed by atoms with Crippen molar-refractivity contribution in [1.29, 1.82) is 0 Å². The molecule has 0 bridgehead atoms.